The highest BCUT2D eigenvalue weighted by Crippen LogP contribution is 2.37. The third-order valence-electron chi connectivity index (χ3n) is 2.74. The lowest BCUT2D eigenvalue weighted by molar-refractivity contribution is 0.174. The van der Waals surface area contributed by atoms with Crippen LogP contribution in [0.1, 0.15) is 0 Å². The summed E-state index contributed by atoms with van der Waals surface area (Å²) >= 11 is 11.9. The molecule has 0 spiro atoms. The van der Waals surface area contributed by atoms with Gasteiger partial charge in [-0.15, -0.1) is 0 Å². The van der Waals surface area contributed by atoms with E-state index < -0.39 is 0 Å². The van der Waals surface area contributed by atoms with E-state index in [0.717, 1.165) is 11.4 Å². The molecule has 3 rings (SSSR count). The van der Waals surface area contributed by atoms with Crippen LogP contribution in [0.3, 0.4) is 0 Å². The molecule has 0 radical (unpaired) electrons. The van der Waals surface area contributed by atoms with E-state index in [0.29, 0.717) is 27.2 Å². The Morgan fingerprint density at radius 3 is 2.58 bits per heavy atom. The topological polar surface area (TPSA) is 56.5 Å². The normalized spacial score (nSPS) is 12.5. The summed E-state index contributed by atoms with van der Waals surface area (Å²) in [5, 5.41) is 4.04. The fraction of sp³-hybridized carbons (Fsp3) is 0.0769. The monoisotopic (exact) mass is 296 g/mol. The van der Waals surface area contributed by atoms with Crippen LogP contribution < -0.4 is 20.5 Å². The van der Waals surface area contributed by atoms with Crippen molar-refractivity contribution in [3.05, 3.63) is 40.4 Å². The van der Waals surface area contributed by atoms with Crippen molar-refractivity contribution >= 4 is 40.3 Å². The van der Waals surface area contributed by atoms with Gasteiger partial charge in [0, 0.05) is 11.8 Å². The zero-order valence-corrected chi connectivity index (χ0v) is 11.3. The molecule has 4 nitrogen and oxygen atoms in total. The van der Waals surface area contributed by atoms with E-state index in [1.807, 2.05) is 18.2 Å². The van der Waals surface area contributed by atoms with Crippen LogP contribution in [0.25, 0.3) is 0 Å². The first-order valence-electron chi connectivity index (χ1n) is 5.54. The van der Waals surface area contributed by atoms with E-state index in [9.17, 15) is 0 Å². The van der Waals surface area contributed by atoms with Crippen LogP contribution in [-0.2, 0) is 0 Å². The lowest BCUT2D eigenvalue weighted by Crippen LogP contribution is -1.96. The predicted octanol–water partition coefficient (Wildman–Crippen LogP) is 4.05. The molecule has 2 aromatic rings. The minimum atomic E-state index is 0.244. The van der Waals surface area contributed by atoms with Crippen LogP contribution >= 0.6 is 23.2 Å². The van der Waals surface area contributed by atoms with Crippen LogP contribution in [0.2, 0.25) is 10.0 Å². The van der Waals surface area contributed by atoms with Crippen LogP contribution in [0.5, 0.6) is 11.5 Å². The van der Waals surface area contributed by atoms with Gasteiger partial charge in [-0.25, -0.2) is 0 Å². The molecule has 3 N–H and O–H groups in total. The molecular formula is C13H10Cl2N2O2. The fourth-order valence-corrected chi connectivity index (χ4v) is 2.14. The maximum atomic E-state index is 5.97. The molecular weight excluding hydrogens is 287 g/mol. The molecule has 1 aliphatic heterocycles. The molecule has 2 aromatic carbocycles. The van der Waals surface area contributed by atoms with Gasteiger partial charge in [-0.1, -0.05) is 23.2 Å². The molecule has 0 amide bonds. The lowest BCUT2D eigenvalue weighted by atomic mass is 10.2. The molecule has 98 valence electrons. The van der Waals surface area contributed by atoms with Gasteiger partial charge in [0.05, 0.1) is 21.4 Å². The molecule has 0 aliphatic carbocycles. The molecule has 0 bridgehead atoms. The number of hydrogen-bond donors (Lipinski definition) is 2. The number of benzene rings is 2. The Morgan fingerprint density at radius 1 is 1.00 bits per heavy atom. The zero-order chi connectivity index (χ0) is 13.4. The summed E-state index contributed by atoms with van der Waals surface area (Å²) in [6.07, 6.45) is 0. The average Bonchev–Trinajstić information content (AvgIpc) is 2.83. The van der Waals surface area contributed by atoms with Crippen molar-refractivity contribution in [1.29, 1.82) is 0 Å². The van der Waals surface area contributed by atoms with E-state index in [4.69, 9.17) is 38.4 Å². The highest BCUT2D eigenvalue weighted by molar-refractivity contribution is 6.42. The standard InChI is InChI=1S/C13H10Cl2N2O2/c14-8-4-10(16)11(5-9(8)15)17-7-1-2-12-13(3-7)19-6-18-12/h1-5,17H,6,16H2. The summed E-state index contributed by atoms with van der Waals surface area (Å²) < 4.78 is 10.6. The van der Waals surface area contributed by atoms with E-state index in [2.05, 4.69) is 5.32 Å². The Hall–Kier alpha value is -1.78. The molecule has 1 aliphatic rings. The minimum absolute atomic E-state index is 0.244. The van der Waals surface area contributed by atoms with Crippen molar-refractivity contribution < 1.29 is 9.47 Å². The summed E-state index contributed by atoms with van der Waals surface area (Å²) in [5.41, 5.74) is 7.93. The van der Waals surface area contributed by atoms with Gasteiger partial charge in [-0.2, -0.15) is 0 Å². The third-order valence-corrected chi connectivity index (χ3v) is 3.47. The van der Waals surface area contributed by atoms with Gasteiger partial charge in [0.2, 0.25) is 6.79 Å². The van der Waals surface area contributed by atoms with Crippen molar-refractivity contribution in [3.8, 4) is 11.5 Å². The Bertz CT molecular complexity index is 647. The fourth-order valence-electron chi connectivity index (χ4n) is 1.80. The van der Waals surface area contributed by atoms with E-state index in [1.165, 1.54) is 0 Å². The van der Waals surface area contributed by atoms with Gasteiger partial charge in [0.1, 0.15) is 0 Å². The molecule has 0 unspecified atom stereocenters. The highest BCUT2D eigenvalue weighted by atomic mass is 35.5. The molecule has 0 atom stereocenters. The third kappa shape index (κ3) is 2.37. The van der Waals surface area contributed by atoms with Gasteiger partial charge in [0.15, 0.2) is 11.5 Å². The second kappa shape index (κ2) is 4.72. The number of halogens is 2. The summed E-state index contributed by atoms with van der Waals surface area (Å²) in [6.45, 7) is 0.244. The summed E-state index contributed by atoms with van der Waals surface area (Å²) in [6, 6.07) is 8.83. The quantitative estimate of drug-likeness (QED) is 0.821. The summed E-state index contributed by atoms with van der Waals surface area (Å²) in [4.78, 5) is 0. The van der Waals surface area contributed by atoms with Crippen LogP contribution in [0, 0.1) is 0 Å². The predicted molar refractivity (Wildman–Crippen MR) is 76.7 cm³/mol. The van der Waals surface area contributed by atoms with Gasteiger partial charge in [-0.3, -0.25) is 0 Å². The van der Waals surface area contributed by atoms with Crippen LogP contribution in [0.15, 0.2) is 30.3 Å². The molecule has 6 heteroatoms. The largest absolute Gasteiger partial charge is 0.454 e. The Kier molecular flexibility index (Phi) is 3.05. The molecule has 0 saturated heterocycles. The molecule has 0 saturated carbocycles. The van der Waals surface area contributed by atoms with Crippen molar-refractivity contribution in [2.75, 3.05) is 17.8 Å². The minimum Gasteiger partial charge on any atom is -0.454 e. The van der Waals surface area contributed by atoms with Crippen molar-refractivity contribution in [3.63, 3.8) is 0 Å². The number of nitrogens with one attached hydrogen (secondary N) is 1. The number of hydrogen-bond acceptors (Lipinski definition) is 4. The smallest absolute Gasteiger partial charge is 0.231 e. The van der Waals surface area contributed by atoms with Gasteiger partial charge in [0.25, 0.3) is 0 Å². The number of anilines is 3. The first-order chi connectivity index (χ1) is 9.13. The maximum Gasteiger partial charge on any atom is 0.231 e. The Labute approximate surface area is 120 Å². The molecule has 19 heavy (non-hydrogen) atoms. The van der Waals surface area contributed by atoms with Gasteiger partial charge >= 0.3 is 0 Å². The second-order valence-corrected chi connectivity index (χ2v) is 4.86. The number of fused-ring (bicyclic) bond motifs is 1. The van der Waals surface area contributed by atoms with Crippen molar-refractivity contribution in [1.82, 2.24) is 0 Å². The number of nitrogen functional groups attached to an aromatic ring is 1. The van der Waals surface area contributed by atoms with E-state index in [-0.39, 0.29) is 6.79 Å². The van der Waals surface area contributed by atoms with E-state index >= 15 is 0 Å². The Balaban J connectivity index is 1.91. The van der Waals surface area contributed by atoms with Crippen LogP contribution in [0.4, 0.5) is 17.1 Å². The number of rotatable bonds is 2. The van der Waals surface area contributed by atoms with Crippen LogP contribution in [-0.4, -0.2) is 6.79 Å². The van der Waals surface area contributed by atoms with Gasteiger partial charge < -0.3 is 20.5 Å². The number of nitrogens with two attached hydrogens (primary N) is 1. The number of ether oxygens (including phenoxy) is 2. The lowest BCUT2D eigenvalue weighted by Gasteiger charge is -2.11. The van der Waals surface area contributed by atoms with Gasteiger partial charge in [-0.05, 0) is 24.3 Å². The Morgan fingerprint density at radius 2 is 1.74 bits per heavy atom. The maximum absolute atomic E-state index is 5.97. The average molecular weight is 297 g/mol. The SMILES string of the molecule is Nc1cc(Cl)c(Cl)cc1Nc1ccc2c(c1)OCO2. The summed E-state index contributed by atoms with van der Waals surface area (Å²) in [7, 11) is 0. The molecule has 0 aromatic heterocycles. The first kappa shape index (κ1) is 12.3. The summed E-state index contributed by atoms with van der Waals surface area (Å²) in [5.74, 6) is 1.43. The molecule has 1 heterocycles. The second-order valence-electron chi connectivity index (χ2n) is 4.05. The molecule has 0 fully saturated rings. The van der Waals surface area contributed by atoms with E-state index in [1.54, 1.807) is 12.1 Å². The first-order valence-corrected chi connectivity index (χ1v) is 6.30. The highest BCUT2D eigenvalue weighted by Gasteiger charge is 2.14. The zero-order valence-electron chi connectivity index (χ0n) is 9.74. The van der Waals surface area contributed by atoms with Crippen molar-refractivity contribution in [2.24, 2.45) is 0 Å². The van der Waals surface area contributed by atoms with Crippen molar-refractivity contribution in [2.45, 2.75) is 0 Å².